The van der Waals surface area contributed by atoms with Gasteiger partial charge in [-0.05, 0) is 19.8 Å². The molecule has 8 heteroatoms. The van der Waals surface area contributed by atoms with Gasteiger partial charge in [0.1, 0.15) is 0 Å². The van der Waals surface area contributed by atoms with Crippen LogP contribution in [0, 0.1) is 0 Å². The van der Waals surface area contributed by atoms with Crippen molar-refractivity contribution in [2.75, 3.05) is 0 Å². The van der Waals surface area contributed by atoms with Crippen LogP contribution < -0.4 is 11.2 Å². The van der Waals surface area contributed by atoms with Crippen molar-refractivity contribution < 1.29 is 13.0 Å². The van der Waals surface area contributed by atoms with Crippen LogP contribution in [-0.2, 0) is 20.6 Å². The van der Waals surface area contributed by atoms with Gasteiger partial charge in [0.2, 0.25) is 0 Å². The summed E-state index contributed by atoms with van der Waals surface area (Å²) in [4.78, 5) is 28.7. The maximum atomic E-state index is 12.4. The van der Waals surface area contributed by atoms with Crippen LogP contribution in [0.5, 0.6) is 0 Å². The van der Waals surface area contributed by atoms with Crippen molar-refractivity contribution in [3.8, 4) is 0 Å². The predicted molar refractivity (Wildman–Crippen MR) is 76.9 cm³/mol. The van der Waals surface area contributed by atoms with Gasteiger partial charge in [-0.2, -0.15) is 0 Å². The second kappa shape index (κ2) is 5.45. The van der Waals surface area contributed by atoms with E-state index < -0.39 is 23.4 Å². The number of nitrogens with zero attached hydrogens (tertiary/aromatic N) is 4. The summed E-state index contributed by atoms with van der Waals surface area (Å²) in [7, 11) is 3.15. The second-order valence-electron chi connectivity index (χ2n) is 5.13. The average Bonchev–Trinajstić information content (AvgIpc) is 2.81. The van der Waals surface area contributed by atoms with Crippen LogP contribution in [0.2, 0.25) is 0 Å². The zero-order valence-corrected chi connectivity index (χ0v) is 12.2. The van der Waals surface area contributed by atoms with Gasteiger partial charge in [0.25, 0.3) is 5.56 Å². The average molecular weight is 298 g/mol. The molecule has 21 heavy (non-hydrogen) atoms. The molecule has 0 fully saturated rings. The van der Waals surface area contributed by atoms with Gasteiger partial charge in [-0.15, -0.1) is 0 Å². The Bertz CT molecular complexity index is 844. The summed E-state index contributed by atoms with van der Waals surface area (Å²) in [6.45, 7) is 0.933. The molecule has 0 spiro atoms. The van der Waals surface area contributed by atoms with E-state index in [0.29, 0.717) is 0 Å². The molecule has 2 aromatic heterocycles. The van der Waals surface area contributed by atoms with Gasteiger partial charge in [0, 0.05) is 29.8 Å². The van der Waals surface area contributed by atoms with Crippen LogP contribution in [0.4, 0.5) is 0 Å². The van der Waals surface area contributed by atoms with Crippen LogP contribution in [0.15, 0.2) is 15.9 Å². The third-order valence-electron chi connectivity index (χ3n) is 3.22. The molecule has 0 bridgehead atoms. The van der Waals surface area contributed by atoms with Gasteiger partial charge in [-0.3, -0.25) is 13.9 Å². The molecule has 0 aliphatic carbocycles. The van der Waals surface area contributed by atoms with E-state index >= 15 is 0 Å². The number of aryl methyl sites for hydroxylation is 2. The molecule has 8 nitrogen and oxygen atoms in total. The first-order chi connectivity index (χ1) is 10.5. The molecule has 2 heterocycles. The minimum atomic E-state index is -2.49. The minimum absolute atomic E-state index is 0.0256. The first-order valence-electron chi connectivity index (χ1n) is 7.53. The topological polar surface area (TPSA) is 102 Å². The third-order valence-corrected chi connectivity index (χ3v) is 3.22. The van der Waals surface area contributed by atoms with E-state index in [2.05, 4.69) is 4.98 Å². The van der Waals surface area contributed by atoms with Crippen molar-refractivity contribution in [2.45, 2.75) is 38.5 Å². The number of aromatic nitrogens is 4. The van der Waals surface area contributed by atoms with Crippen molar-refractivity contribution in [1.29, 1.82) is 0 Å². The maximum Gasteiger partial charge on any atom is 0.332 e. The summed E-state index contributed by atoms with van der Waals surface area (Å²) in [6.07, 6.45) is -0.923. The Morgan fingerprint density at radius 3 is 2.62 bits per heavy atom. The fourth-order valence-electron chi connectivity index (χ4n) is 2.16. The molecule has 2 rings (SSSR count). The fourth-order valence-corrected chi connectivity index (χ4v) is 2.16. The van der Waals surface area contributed by atoms with Crippen LogP contribution in [-0.4, -0.2) is 34.7 Å². The standard InChI is InChI=1S/C13H20N4O4/c1-13(20,21)6-4-5-7-17-11(18)9-10(14-8-15(9)2)16(3)12(17)19/h8,20-21H,4-7H2,1-3H3/i6D2. The van der Waals surface area contributed by atoms with Crippen molar-refractivity contribution in [3.63, 3.8) is 0 Å². The summed E-state index contributed by atoms with van der Waals surface area (Å²) in [5, 5.41) is 18.8. The Labute approximate surface area is 123 Å². The summed E-state index contributed by atoms with van der Waals surface area (Å²) < 4.78 is 19.0. The summed E-state index contributed by atoms with van der Waals surface area (Å²) in [5.41, 5.74) is -0.478. The molecule has 116 valence electrons. The summed E-state index contributed by atoms with van der Waals surface area (Å²) in [5.74, 6) is -2.49. The molecule has 0 saturated carbocycles. The van der Waals surface area contributed by atoms with Crippen molar-refractivity contribution in [1.82, 2.24) is 18.7 Å². The van der Waals surface area contributed by atoms with Crippen LogP contribution in [0.3, 0.4) is 0 Å². The lowest BCUT2D eigenvalue weighted by Crippen LogP contribution is -2.39. The first kappa shape index (κ1) is 12.8. The molecule has 0 saturated heterocycles. The fraction of sp³-hybridized carbons (Fsp3) is 0.615. The molecule has 0 aliphatic heterocycles. The lowest BCUT2D eigenvalue weighted by Gasteiger charge is -2.15. The second-order valence-corrected chi connectivity index (χ2v) is 5.13. The molecule has 0 unspecified atom stereocenters. The zero-order valence-electron chi connectivity index (χ0n) is 14.2. The van der Waals surface area contributed by atoms with E-state index in [1.54, 1.807) is 7.05 Å². The smallest absolute Gasteiger partial charge is 0.332 e. The molecule has 0 radical (unpaired) electrons. The first-order valence-corrected chi connectivity index (χ1v) is 6.53. The van der Waals surface area contributed by atoms with Gasteiger partial charge >= 0.3 is 5.69 Å². The van der Waals surface area contributed by atoms with Gasteiger partial charge in [0.15, 0.2) is 17.0 Å². The number of imidazole rings is 1. The van der Waals surface area contributed by atoms with E-state index in [4.69, 9.17) is 2.74 Å². The predicted octanol–water partition coefficient (Wildman–Crippen LogP) is -0.695. The number of aliphatic hydroxyl groups is 2. The van der Waals surface area contributed by atoms with E-state index in [1.807, 2.05) is 0 Å². The molecule has 2 aromatic rings. The number of fused-ring (bicyclic) bond motifs is 1. The van der Waals surface area contributed by atoms with Crippen LogP contribution in [0.1, 0.15) is 28.9 Å². The van der Waals surface area contributed by atoms with E-state index in [1.165, 1.54) is 22.5 Å². The number of hydrogen-bond acceptors (Lipinski definition) is 5. The van der Waals surface area contributed by atoms with E-state index in [-0.39, 0.29) is 30.6 Å². The lowest BCUT2D eigenvalue weighted by atomic mass is 10.1. The van der Waals surface area contributed by atoms with Crippen molar-refractivity contribution >= 4 is 11.2 Å². The Balaban J connectivity index is 2.33. The van der Waals surface area contributed by atoms with E-state index in [9.17, 15) is 19.8 Å². The largest absolute Gasteiger partial charge is 0.366 e. The molecule has 2 N–H and O–H groups in total. The number of hydrogen-bond donors (Lipinski definition) is 2. The molecular formula is C13H20N4O4. The molecule has 0 atom stereocenters. The van der Waals surface area contributed by atoms with Crippen molar-refractivity contribution in [3.05, 3.63) is 27.2 Å². The van der Waals surface area contributed by atoms with Gasteiger partial charge < -0.3 is 14.8 Å². The van der Waals surface area contributed by atoms with Gasteiger partial charge in [-0.1, -0.05) is 0 Å². The highest BCUT2D eigenvalue weighted by atomic mass is 16.5. The number of rotatable bonds is 5. The Hall–Kier alpha value is -1.93. The lowest BCUT2D eigenvalue weighted by molar-refractivity contribution is -0.150. The zero-order chi connectivity index (χ0) is 17.6. The molecule has 0 amide bonds. The summed E-state index contributed by atoms with van der Waals surface area (Å²) in [6, 6.07) is 0. The normalized spacial score (nSPS) is 14.3. The maximum absolute atomic E-state index is 12.4. The highest BCUT2D eigenvalue weighted by Crippen LogP contribution is 2.10. The van der Waals surface area contributed by atoms with Crippen LogP contribution in [0.25, 0.3) is 11.2 Å². The molecular weight excluding hydrogens is 276 g/mol. The van der Waals surface area contributed by atoms with Gasteiger partial charge in [0.05, 0.1) is 6.33 Å². The molecule has 0 aromatic carbocycles. The monoisotopic (exact) mass is 298 g/mol. The quantitative estimate of drug-likeness (QED) is 0.711. The molecule has 0 aliphatic rings. The Kier molecular flexibility index (Phi) is 3.32. The summed E-state index contributed by atoms with van der Waals surface area (Å²) >= 11 is 0. The Morgan fingerprint density at radius 1 is 1.33 bits per heavy atom. The van der Waals surface area contributed by atoms with Crippen LogP contribution >= 0.6 is 0 Å². The Morgan fingerprint density at radius 2 is 2.00 bits per heavy atom. The van der Waals surface area contributed by atoms with Crippen molar-refractivity contribution in [2.24, 2.45) is 14.1 Å². The van der Waals surface area contributed by atoms with E-state index in [0.717, 1.165) is 11.5 Å². The minimum Gasteiger partial charge on any atom is -0.366 e. The highest BCUT2D eigenvalue weighted by Gasteiger charge is 2.16. The highest BCUT2D eigenvalue weighted by molar-refractivity contribution is 5.69. The third kappa shape index (κ3) is 3.06. The van der Waals surface area contributed by atoms with Gasteiger partial charge in [-0.25, -0.2) is 9.78 Å². The SMILES string of the molecule is [2H]C([2H])(CCCn1c(=O)c2c(ncn2C)n(C)c1=O)C(C)(O)O.